The lowest BCUT2D eigenvalue weighted by Gasteiger charge is -2.17. The van der Waals surface area contributed by atoms with E-state index in [0.717, 1.165) is 23.8 Å². The highest BCUT2D eigenvalue weighted by atomic mass is 19.1. The van der Waals surface area contributed by atoms with Gasteiger partial charge in [-0.2, -0.15) is 0 Å². The van der Waals surface area contributed by atoms with Crippen molar-refractivity contribution in [3.05, 3.63) is 71.3 Å². The summed E-state index contributed by atoms with van der Waals surface area (Å²) in [6, 6.07) is 11.1. The van der Waals surface area contributed by atoms with Crippen LogP contribution in [0.3, 0.4) is 0 Å². The summed E-state index contributed by atoms with van der Waals surface area (Å²) < 4.78 is 27.0. The van der Waals surface area contributed by atoms with E-state index in [1.54, 1.807) is 0 Å². The predicted octanol–water partition coefficient (Wildman–Crippen LogP) is 3.56. The van der Waals surface area contributed by atoms with Crippen molar-refractivity contribution in [2.75, 3.05) is 0 Å². The summed E-state index contributed by atoms with van der Waals surface area (Å²) in [5, 5.41) is 4.55. The Labute approximate surface area is 132 Å². The molecule has 1 atom stereocenters. The molecule has 2 aromatic rings. The Kier molecular flexibility index (Phi) is 5.41. The Bertz CT molecular complexity index is 685. The fraction of sp³-hybridized carbons (Fsp3) is 0.176. The summed E-state index contributed by atoms with van der Waals surface area (Å²) in [5.74, 6) is -3.17. The molecule has 0 bridgehead atoms. The third-order valence-electron chi connectivity index (χ3n) is 3.33. The molecule has 0 saturated heterocycles. The van der Waals surface area contributed by atoms with E-state index < -0.39 is 29.1 Å². The molecule has 0 aromatic heterocycles. The molecule has 0 heterocycles. The van der Waals surface area contributed by atoms with Crippen molar-refractivity contribution in [1.82, 2.24) is 10.6 Å². The van der Waals surface area contributed by atoms with E-state index >= 15 is 0 Å². The topological polar surface area (TPSA) is 58.2 Å². The highest BCUT2D eigenvalue weighted by Gasteiger charge is 2.20. The Morgan fingerprint density at radius 3 is 2.17 bits per heavy atom. The van der Waals surface area contributed by atoms with Crippen LogP contribution in [0.15, 0.2) is 48.5 Å². The summed E-state index contributed by atoms with van der Waals surface area (Å²) in [7, 11) is 0. The lowest BCUT2D eigenvalue weighted by molar-refractivity contribution is 0.0955. The lowest BCUT2D eigenvalue weighted by atomic mass is 10.1. The van der Waals surface area contributed by atoms with Crippen molar-refractivity contribution >= 4 is 11.9 Å². The number of imide groups is 1. The Hall–Kier alpha value is -2.76. The van der Waals surface area contributed by atoms with Crippen molar-refractivity contribution in [2.24, 2.45) is 0 Å². The van der Waals surface area contributed by atoms with Crippen LogP contribution >= 0.6 is 0 Å². The van der Waals surface area contributed by atoms with Crippen molar-refractivity contribution in [2.45, 2.75) is 19.4 Å². The van der Waals surface area contributed by atoms with Crippen LogP contribution in [0, 0.1) is 11.6 Å². The smallest absolute Gasteiger partial charge is 0.322 e. The van der Waals surface area contributed by atoms with E-state index in [-0.39, 0.29) is 6.04 Å². The second-order valence-electron chi connectivity index (χ2n) is 4.90. The molecule has 4 nitrogen and oxygen atoms in total. The molecule has 0 aliphatic rings. The van der Waals surface area contributed by atoms with Gasteiger partial charge in [-0.25, -0.2) is 13.6 Å². The zero-order valence-corrected chi connectivity index (χ0v) is 12.5. The molecule has 3 amide bonds. The third-order valence-corrected chi connectivity index (χ3v) is 3.33. The van der Waals surface area contributed by atoms with Crippen LogP contribution in [0.1, 0.15) is 35.3 Å². The summed E-state index contributed by atoms with van der Waals surface area (Å²) in [6.07, 6.45) is 0.597. The Morgan fingerprint density at radius 1 is 1.00 bits per heavy atom. The van der Waals surface area contributed by atoms with Crippen LogP contribution in [0.25, 0.3) is 0 Å². The minimum absolute atomic E-state index is 0.311. The number of benzene rings is 2. The van der Waals surface area contributed by atoms with Gasteiger partial charge in [0.05, 0.1) is 6.04 Å². The van der Waals surface area contributed by atoms with E-state index in [4.69, 9.17) is 0 Å². The molecule has 0 fully saturated rings. The third kappa shape index (κ3) is 4.12. The first-order valence-electron chi connectivity index (χ1n) is 7.13. The van der Waals surface area contributed by atoms with Gasteiger partial charge >= 0.3 is 6.03 Å². The summed E-state index contributed by atoms with van der Waals surface area (Å²) in [4.78, 5) is 23.8. The number of carbonyl (C=O) groups excluding carboxylic acids is 2. The van der Waals surface area contributed by atoms with Crippen LogP contribution in [0.4, 0.5) is 13.6 Å². The van der Waals surface area contributed by atoms with Crippen molar-refractivity contribution < 1.29 is 18.4 Å². The minimum Gasteiger partial charge on any atom is -0.331 e. The van der Waals surface area contributed by atoms with E-state index in [1.807, 2.05) is 42.6 Å². The molecule has 1 unspecified atom stereocenters. The molecule has 2 aromatic carbocycles. The molecule has 6 heteroatoms. The number of hydrogen-bond acceptors (Lipinski definition) is 2. The fourth-order valence-corrected chi connectivity index (χ4v) is 2.18. The number of carbonyl (C=O) groups is 2. The largest absolute Gasteiger partial charge is 0.331 e. The molecule has 2 rings (SSSR count). The summed E-state index contributed by atoms with van der Waals surface area (Å²) in [6.45, 7) is 1.87. The standard InChI is InChI=1S/C17H16F2N2O2/c1-2-14(11-7-4-3-5-8-11)20-17(23)21-16(22)15-12(18)9-6-10-13(15)19/h3-10,14H,2H2,1H3,(H2,20,21,22,23). The first-order chi connectivity index (χ1) is 11.0. The minimum atomic E-state index is -1.12. The second-order valence-corrected chi connectivity index (χ2v) is 4.90. The average molecular weight is 318 g/mol. The van der Waals surface area contributed by atoms with Gasteiger partial charge in [-0.15, -0.1) is 0 Å². The molecular formula is C17H16F2N2O2. The number of urea groups is 1. The SMILES string of the molecule is CCC(NC(=O)NC(=O)c1c(F)cccc1F)c1ccccc1. The molecule has 2 N–H and O–H groups in total. The molecule has 0 aliphatic heterocycles. The summed E-state index contributed by atoms with van der Waals surface area (Å²) in [5.41, 5.74) is 0.0880. The first kappa shape index (κ1) is 16.6. The first-order valence-corrected chi connectivity index (χ1v) is 7.13. The quantitative estimate of drug-likeness (QED) is 0.905. The zero-order chi connectivity index (χ0) is 16.8. The van der Waals surface area contributed by atoms with Crippen LogP contribution < -0.4 is 10.6 Å². The van der Waals surface area contributed by atoms with Gasteiger partial charge in [-0.05, 0) is 24.1 Å². The van der Waals surface area contributed by atoms with Gasteiger partial charge in [-0.1, -0.05) is 43.3 Å². The maximum absolute atomic E-state index is 13.5. The van der Waals surface area contributed by atoms with Crippen LogP contribution in [0.2, 0.25) is 0 Å². The van der Waals surface area contributed by atoms with Crippen LogP contribution in [-0.2, 0) is 0 Å². The van der Waals surface area contributed by atoms with Crippen LogP contribution in [-0.4, -0.2) is 11.9 Å². The van der Waals surface area contributed by atoms with Crippen molar-refractivity contribution in [3.8, 4) is 0 Å². The number of rotatable bonds is 4. The molecule has 0 aliphatic carbocycles. The van der Waals surface area contributed by atoms with Gasteiger partial charge in [0.15, 0.2) is 0 Å². The highest BCUT2D eigenvalue weighted by Crippen LogP contribution is 2.16. The molecule has 0 radical (unpaired) electrons. The van der Waals surface area contributed by atoms with E-state index in [1.165, 1.54) is 0 Å². The molecule has 0 saturated carbocycles. The number of nitrogens with one attached hydrogen (secondary N) is 2. The van der Waals surface area contributed by atoms with Crippen molar-refractivity contribution in [1.29, 1.82) is 0 Å². The van der Waals surface area contributed by atoms with Crippen LogP contribution in [0.5, 0.6) is 0 Å². The second kappa shape index (κ2) is 7.49. The van der Waals surface area contributed by atoms with E-state index in [2.05, 4.69) is 5.32 Å². The average Bonchev–Trinajstić information content (AvgIpc) is 2.53. The van der Waals surface area contributed by atoms with Gasteiger partial charge in [0.1, 0.15) is 17.2 Å². The van der Waals surface area contributed by atoms with E-state index in [9.17, 15) is 18.4 Å². The Balaban J connectivity index is 2.05. The number of hydrogen-bond donors (Lipinski definition) is 2. The number of halogens is 2. The molecule has 120 valence electrons. The molecular weight excluding hydrogens is 302 g/mol. The van der Waals surface area contributed by atoms with Gasteiger partial charge in [0, 0.05) is 0 Å². The monoisotopic (exact) mass is 318 g/mol. The summed E-state index contributed by atoms with van der Waals surface area (Å²) >= 11 is 0. The predicted molar refractivity (Wildman–Crippen MR) is 81.8 cm³/mol. The van der Waals surface area contributed by atoms with Gasteiger partial charge in [0.25, 0.3) is 5.91 Å². The lowest BCUT2D eigenvalue weighted by Crippen LogP contribution is -2.41. The van der Waals surface area contributed by atoms with E-state index in [0.29, 0.717) is 6.42 Å². The Morgan fingerprint density at radius 2 is 1.61 bits per heavy atom. The fourth-order valence-electron chi connectivity index (χ4n) is 2.18. The number of amides is 3. The zero-order valence-electron chi connectivity index (χ0n) is 12.5. The molecule has 0 spiro atoms. The maximum atomic E-state index is 13.5. The normalized spacial score (nSPS) is 11.6. The van der Waals surface area contributed by atoms with Gasteiger partial charge < -0.3 is 5.32 Å². The highest BCUT2D eigenvalue weighted by molar-refractivity contribution is 6.04. The van der Waals surface area contributed by atoms with Gasteiger partial charge in [-0.3, -0.25) is 10.1 Å². The molecule has 23 heavy (non-hydrogen) atoms. The van der Waals surface area contributed by atoms with Gasteiger partial charge in [0.2, 0.25) is 0 Å². The van der Waals surface area contributed by atoms with Crippen molar-refractivity contribution in [3.63, 3.8) is 0 Å². The maximum Gasteiger partial charge on any atom is 0.322 e.